The summed E-state index contributed by atoms with van der Waals surface area (Å²) in [5.74, 6) is -1.12. The van der Waals surface area contributed by atoms with Crippen molar-refractivity contribution in [2.75, 3.05) is 0 Å². The van der Waals surface area contributed by atoms with Crippen molar-refractivity contribution in [2.24, 2.45) is 0 Å². The minimum Gasteiger partial charge on any atom is -0.480 e. The Morgan fingerprint density at radius 3 is 2.43 bits per heavy atom. The first-order chi connectivity index (χ1) is 9.99. The van der Waals surface area contributed by atoms with Gasteiger partial charge in [0.25, 0.3) is 0 Å². The number of sulfonamides is 1. The molecule has 1 atom stereocenters. The van der Waals surface area contributed by atoms with Gasteiger partial charge in [-0.1, -0.05) is 43.2 Å². The van der Waals surface area contributed by atoms with E-state index in [1.807, 2.05) is 30.3 Å². The average Bonchev–Trinajstić information content (AvgIpc) is 2.99. The van der Waals surface area contributed by atoms with Gasteiger partial charge < -0.3 is 5.11 Å². The van der Waals surface area contributed by atoms with Crippen LogP contribution in [0.5, 0.6) is 0 Å². The molecule has 1 aromatic carbocycles. The highest BCUT2D eigenvalue weighted by atomic mass is 32.2. The van der Waals surface area contributed by atoms with Crippen LogP contribution in [0.3, 0.4) is 0 Å². The summed E-state index contributed by atoms with van der Waals surface area (Å²) in [6, 6.07) is 8.41. The molecule has 2 N–H and O–H groups in total. The Balaban J connectivity index is 1.97. The zero-order chi connectivity index (χ0) is 15.3. The summed E-state index contributed by atoms with van der Waals surface area (Å²) >= 11 is 0. The van der Waals surface area contributed by atoms with Crippen LogP contribution in [0.4, 0.5) is 0 Å². The van der Waals surface area contributed by atoms with Crippen LogP contribution in [0.1, 0.15) is 37.7 Å². The van der Waals surface area contributed by atoms with Gasteiger partial charge in [0, 0.05) is 0 Å². The van der Waals surface area contributed by atoms with Gasteiger partial charge in [0.15, 0.2) is 0 Å². The SMILES string of the molecule is O=C(O)[C@H](CCc1ccccc1)NS(=O)(=O)C1CCCC1. The van der Waals surface area contributed by atoms with E-state index in [1.54, 1.807) is 0 Å². The minimum atomic E-state index is -3.54. The Labute approximate surface area is 125 Å². The average molecular weight is 311 g/mol. The molecule has 0 amide bonds. The van der Waals surface area contributed by atoms with Crippen LogP contribution in [-0.2, 0) is 21.2 Å². The fraction of sp³-hybridized carbons (Fsp3) is 0.533. The summed E-state index contributed by atoms with van der Waals surface area (Å²) in [5, 5.41) is 8.80. The van der Waals surface area contributed by atoms with E-state index in [4.69, 9.17) is 0 Å². The smallest absolute Gasteiger partial charge is 0.321 e. The van der Waals surface area contributed by atoms with E-state index >= 15 is 0 Å². The highest BCUT2D eigenvalue weighted by Gasteiger charge is 2.32. The third-order valence-electron chi connectivity index (χ3n) is 3.91. The van der Waals surface area contributed by atoms with Gasteiger partial charge in [-0.3, -0.25) is 4.79 Å². The first-order valence-corrected chi connectivity index (χ1v) is 8.81. The Morgan fingerprint density at radius 1 is 1.24 bits per heavy atom. The maximum atomic E-state index is 12.2. The topological polar surface area (TPSA) is 83.5 Å². The molecule has 0 aliphatic heterocycles. The van der Waals surface area contributed by atoms with Crippen LogP contribution in [0.15, 0.2) is 30.3 Å². The fourth-order valence-corrected chi connectivity index (χ4v) is 4.44. The van der Waals surface area contributed by atoms with Crippen molar-refractivity contribution in [1.29, 1.82) is 0 Å². The fourth-order valence-electron chi connectivity index (χ4n) is 2.68. The number of hydrogen-bond donors (Lipinski definition) is 2. The summed E-state index contributed by atoms with van der Waals surface area (Å²) < 4.78 is 26.7. The molecule has 1 aromatic rings. The molecule has 1 saturated carbocycles. The van der Waals surface area contributed by atoms with Gasteiger partial charge in [-0.2, -0.15) is 0 Å². The Hall–Kier alpha value is -1.40. The van der Waals surface area contributed by atoms with E-state index < -0.39 is 27.3 Å². The minimum absolute atomic E-state index is 0.255. The van der Waals surface area contributed by atoms with E-state index in [0.717, 1.165) is 18.4 Å². The normalized spacial score (nSPS) is 17.7. The molecular formula is C15H21NO4S. The van der Waals surface area contributed by atoms with Crippen LogP contribution >= 0.6 is 0 Å². The van der Waals surface area contributed by atoms with Gasteiger partial charge in [0.1, 0.15) is 6.04 Å². The Morgan fingerprint density at radius 2 is 1.86 bits per heavy atom. The third-order valence-corrected chi connectivity index (χ3v) is 5.87. The molecule has 1 aliphatic rings. The predicted molar refractivity (Wildman–Crippen MR) is 80.5 cm³/mol. The molecule has 0 heterocycles. The van der Waals surface area contributed by atoms with Crippen molar-refractivity contribution >= 4 is 16.0 Å². The van der Waals surface area contributed by atoms with E-state index in [9.17, 15) is 18.3 Å². The first kappa shape index (κ1) is 16.0. The molecule has 2 rings (SSSR count). The van der Waals surface area contributed by atoms with Crippen molar-refractivity contribution in [3.8, 4) is 0 Å². The number of benzene rings is 1. The molecule has 0 unspecified atom stereocenters. The second-order valence-electron chi connectivity index (χ2n) is 5.48. The van der Waals surface area contributed by atoms with Gasteiger partial charge in [-0.05, 0) is 31.2 Å². The summed E-state index contributed by atoms with van der Waals surface area (Å²) in [6.07, 6.45) is 3.83. The highest BCUT2D eigenvalue weighted by Crippen LogP contribution is 2.24. The lowest BCUT2D eigenvalue weighted by molar-refractivity contribution is -0.139. The Bertz CT molecular complexity index is 565. The van der Waals surface area contributed by atoms with Crippen LogP contribution in [0, 0.1) is 0 Å². The zero-order valence-electron chi connectivity index (χ0n) is 11.9. The molecule has 116 valence electrons. The van der Waals surface area contributed by atoms with Crippen LogP contribution < -0.4 is 4.72 Å². The molecule has 0 radical (unpaired) electrons. The molecule has 21 heavy (non-hydrogen) atoms. The van der Waals surface area contributed by atoms with Crippen LogP contribution in [-0.4, -0.2) is 30.8 Å². The lowest BCUT2D eigenvalue weighted by atomic mass is 10.1. The number of nitrogens with one attached hydrogen (secondary N) is 1. The zero-order valence-corrected chi connectivity index (χ0v) is 12.7. The lowest BCUT2D eigenvalue weighted by Crippen LogP contribution is -2.44. The van der Waals surface area contributed by atoms with Crippen LogP contribution in [0.25, 0.3) is 0 Å². The van der Waals surface area contributed by atoms with Gasteiger partial charge in [-0.25, -0.2) is 13.1 Å². The Kier molecular flexibility index (Phi) is 5.36. The predicted octanol–water partition coefficient (Wildman–Crippen LogP) is 1.93. The number of aryl methyl sites for hydroxylation is 1. The summed E-state index contributed by atoms with van der Waals surface area (Å²) in [7, 11) is -3.54. The second-order valence-corrected chi connectivity index (χ2v) is 7.48. The molecule has 0 saturated heterocycles. The molecule has 0 bridgehead atoms. The van der Waals surface area contributed by atoms with Crippen LogP contribution in [0.2, 0.25) is 0 Å². The van der Waals surface area contributed by atoms with Gasteiger partial charge >= 0.3 is 5.97 Å². The molecule has 0 spiro atoms. The number of carboxylic acid groups (broad SMARTS) is 1. The van der Waals surface area contributed by atoms with E-state index in [2.05, 4.69) is 4.72 Å². The number of hydrogen-bond acceptors (Lipinski definition) is 3. The molecule has 1 fully saturated rings. The van der Waals surface area contributed by atoms with E-state index in [0.29, 0.717) is 19.3 Å². The quantitative estimate of drug-likeness (QED) is 0.806. The van der Waals surface area contributed by atoms with Crippen molar-refractivity contribution in [3.63, 3.8) is 0 Å². The maximum absolute atomic E-state index is 12.2. The van der Waals surface area contributed by atoms with Crippen molar-refractivity contribution < 1.29 is 18.3 Å². The number of aliphatic carboxylic acids is 1. The molecule has 6 heteroatoms. The second kappa shape index (κ2) is 7.04. The van der Waals surface area contributed by atoms with Crippen molar-refractivity contribution in [1.82, 2.24) is 4.72 Å². The standard InChI is InChI=1S/C15H21NO4S/c17-15(18)14(11-10-12-6-2-1-3-7-12)16-21(19,20)13-8-4-5-9-13/h1-3,6-7,13-14,16H,4-5,8-11H2,(H,17,18)/t14-/m0/s1. The number of rotatable bonds is 7. The van der Waals surface area contributed by atoms with Gasteiger partial charge in [-0.15, -0.1) is 0 Å². The largest absolute Gasteiger partial charge is 0.480 e. The highest BCUT2D eigenvalue weighted by molar-refractivity contribution is 7.90. The van der Waals surface area contributed by atoms with Crippen molar-refractivity contribution in [3.05, 3.63) is 35.9 Å². The molecular weight excluding hydrogens is 290 g/mol. The van der Waals surface area contributed by atoms with Gasteiger partial charge in [0.2, 0.25) is 10.0 Å². The van der Waals surface area contributed by atoms with Gasteiger partial charge in [0.05, 0.1) is 5.25 Å². The number of carboxylic acids is 1. The third kappa shape index (κ3) is 4.54. The molecule has 0 aromatic heterocycles. The molecule has 1 aliphatic carbocycles. The first-order valence-electron chi connectivity index (χ1n) is 7.27. The van der Waals surface area contributed by atoms with E-state index in [1.165, 1.54) is 0 Å². The number of carbonyl (C=O) groups is 1. The monoisotopic (exact) mass is 311 g/mol. The summed E-state index contributed by atoms with van der Waals surface area (Å²) in [5.41, 5.74) is 1.00. The van der Waals surface area contributed by atoms with Crippen molar-refractivity contribution in [2.45, 2.75) is 49.8 Å². The maximum Gasteiger partial charge on any atom is 0.321 e. The lowest BCUT2D eigenvalue weighted by Gasteiger charge is -2.18. The summed E-state index contributed by atoms with van der Waals surface area (Å²) in [4.78, 5) is 11.3. The van der Waals surface area contributed by atoms with E-state index in [-0.39, 0.29) is 6.42 Å². The molecule has 5 nitrogen and oxygen atoms in total. The summed E-state index contributed by atoms with van der Waals surface area (Å²) in [6.45, 7) is 0.